The average Bonchev–Trinajstić information content (AvgIpc) is 2.47. The Labute approximate surface area is 224 Å². The van der Waals surface area contributed by atoms with Crippen molar-refractivity contribution in [3.63, 3.8) is 0 Å². The minimum atomic E-state index is -4.17. The highest BCUT2D eigenvalue weighted by atomic mass is 32.2. The fraction of sp³-hybridized carbons (Fsp3) is 0.950. The standard InChI is InChI=1S/C6H12O2.2C2H7O4P.C2H6O3S.8CH4/c1-3-5(4-2)6(7)8;2*1-2-6-7(3,4)5;1-2-6(3,4)5;;;;;;;;/h5H,3-4H2,1-2H3,(H,7,8);2*2H2,1H3,(H2,3,4,5);2H2,1H3,(H,3,4,5);8*1H4. The van der Waals surface area contributed by atoms with E-state index in [4.69, 9.17) is 29.2 Å². The first-order chi connectivity index (χ1) is 12.4. The van der Waals surface area contributed by atoms with Gasteiger partial charge in [-0.15, -0.1) is 0 Å². The summed E-state index contributed by atoms with van der Waals surface area (Å²) in [7, 11) is -12.0. The van der Waals surface area contributed by atoms with Crippen LogP contribution in [0.1, 0.15) is 107 Å². The van der Waals surface area contributed by atoms with Gasteiger partial charge in [-0.05, 0) is 33.6 Å². The second kappa shape index (κ2) is 41.7. The van der Waals surface area contributed by atoms with E-state index in [0.717, 1.165) is 12.8 Å². The molecule has 0 saturated carbocycles. The predicted octanol–water partition coefficient (Wildman–Crippen LogP) is 6.72. The monoisotopic (exact) mass is 606 g/mol. The SMILES string of the molecule is C.C.C.C.C.C.C.C.CCC(CC)C(=O)O.CCOP(=O)(O)O.CCOP(=O)(O)O.CCS(=O)(=O)O. The average molecular weight is 607 g/mol. The first kappa shape index (κ1) is 76.5. The number of carboxylic acids is 1. The maximum absolute atomic E-state index is 10.2. The molecule has 0 radical (unpaired) electrons. The Kier molecular flexibility index (Phi) is 88.7. The number of hydrogen-bond donors (Lipinski definition) is 6. The van der Waals surface area contributed by atoms with Crippen LogP contribution >= 0.6 is 15.6 Å². The number of rotatable bonds is 8. The molecule has 0 saturated heterocycles. The first-order valence-electron chi connectivity index (χ1n) is 7.98. The van der Waals surface area contributed by atoms with Crippen LogP contribution in [-0.4, -0.2) is 62.6 Å². The Morgan fingerprint density at radius 2 is 0.889 bits per heavy atom. The molecule has 238 valence electrons. The van der Waals surface area contributed by atoms with Gasteiger partial charge < -0.3 is 24.7 Å². The lowest BCUT2D eigenvalue weighted by molar-refractivity contribution is -0.141. The van der Waals surface area contributed by atoms with E-state index < -0.39 is 31.7 Å². The zero-order valence-electron chi connectivity index (χ0n) is 16.5. The van der Waals surface area contributed by atoms with Gasteiger partial charge in [0.25, 0.3) is 10.1 Å². The van der Waals surface area contributed by atoms with Crippen molar-refractivity contribution in [2.45, 2.75) is 107 Å². The van der Waals surface area contributed by atoms with Crippen LogP contribution < -0.4 is 0 Å². The first-order valence-corrected chi connectivity index (χ1v) is 12.7. The van der Waals surface area contributed by atoms with Crippen molar-refractivity contribution < 1.29 is 60.6 Å². The molecule has 0 aliphatic rings. The van der Waals surface area contributed by atoms with Crippen molar-refractivity contribution in [1.82, 2.24) is 0 Å². The van der Waals surface area contributed by atoms with E-state index in [9.17, 15) is 22.3 Å². The van der Waals surface area contributed by atoms with Gasteiger partial charge in [0.05, 0.1) is 24.9 Å². The van der Waals surface area contributed by atoms with E-state index in [1.807, 2.05) is 13.8 Å². The molecule has 36 heavy (non-hydrogen) atoms. The normalized spacial score (nSPS) is 8.75. The Bertz CT molecular complexity index is 546. The van der Waals surface area contributed by atoms with Gasteiger partial charge in [-0.25, -0.2) is 9.13 Å². The van der Waals surface area contributed by atoms with Crippen LogP contribution in [0.15, 0.2) is 0 Å². The van der Waals surface area contributed by atoms with Crippen molar-refractivity contribution in [3.8, 4) is 0 Å². The Balaban J connectivity index is -0.0000000199. The summed E-state index contributed by atoms with van der Waals surface area (Å²) in [6.07, 6.45) is 1.48. The lowest BCUT2D eigenvalue weighted by atomic mass is 10.1. The minimum Gasteiger partial charge on any atom is -0.481 e. The number of phosphoric ester groups is 2. The van der Waals surface area contributed by atoms with Crippen molar-refractivity contribution in [3.05, 3.63) is 0 Å². The molecule has 0 bridgehead atoms. The summed E-state index contributed by atoms with van der Waals surface area (Å²) >= 11 is 0. The Morgan fingerprint density at radius 3 is 0.889 bits per heavy atom. The molecule has 0 aliphatic heterocycles. The van der Waals surface area contributed by atoms with Gasteiger partial charge in [0.2, 0.25) is 0 Å². The van der Waals surface area contributed by atoms with Gasteiger partial charge in [-0.3, -0.25) is 18.4 Å². The molecule has 0 aliphatic carbocycles. The third-order valence-electron chi connectivity index (χ3n) is 2.29. The lowest BCUT2D eigenvalue weighted by Crippen LogP contribution is -2.10. The van der Waals surface area contributed by atoms with Crippen LogP contribution in [0.3, 0.4) is 0 Å². The third kappa shape index (κ3) is 103. The summed E-state index contributed by atoms with van der Waals surface area (Å²) in [6.45, 7) is 8.27. The Morgan fingerprint density at radius 1 is 0.694 bits per heavy atom. The van der Waals surface area contributed by atoms with Crippen molar-refractivity contribution in [2.24, 2.45) is 5.92 Å². The predicted molar refractivity (Wildman–Crippen MR) is 155 cm³/mol. The number of aliphatic carboxylic acids is 1. The molecule has 0 heterocycles. The van der Waals surface area contributed by atoms with Crippen LogP contribution in [0, 0.1) is 5.92 Å². The lowest BCUT2D eigenvalue weighted by Gasteiger charge is -2.02. The molecule has 0 spiro atoms. The fourth-order valence-electron chi connectivity index (χ4n) is 0.974. The van der Waals surface area contributed by atoms with Crippen LogP contribution in [0.2, 0.25) is 0 Å². The molecule has 0 aromatic carbocycles. The van der Waals surface area contributed by atoms with E-state index >= 15 is 0 Å². The molecule has 16 heteroatoms. The molecule has 13 nitrogen and oxygen atoms in total. The molecular formula is C20H64O13P2S. The molecule has 0 aromatic heterocycles. The van der Waals surface area contributed by atoms with Gasteiger partial charge in [0.15, 0.2) is 0 Å². The highest BCUT2D eigenvalue weighted by Crippen LogP contribution is 2.35. The Hall–Kier alpha value is -0.400. The molecule has 0 unspecified atom stereocenters. The van der Waals surface area contributed by atoms with Gasteiger partial charge in [-0.2, -0.15) is 8.42 Å². The number of carboxylic acid groups (broad SMARTS) is 1. The summed E-state index contributed by atoms with van der Waals surface area (Å²) in [6, 6.07) is 0. The van der Waals surface area contributed by atoms with E-state index in [0.29, 0.717) is 0 Å². The van der Waals surface area contributed by atoms with E-state index in [1.54, 1.807) is 0 Å². The highest BCUT2D eigenvalue weighted by Gasteiger charge is 2.11. The smallest absolute Gasteiger partial charge is 0.469 e. The zero-order chi connectivity index (χ0) is 23.6. The summed E-state index contributed by atoms with van der Waals surface area (Å²) in [4.78, 5) is 41.8. The van der Waals surface area contributed by atoms with Crippen LogP contribution in [0.5, 0.6) is 0 Å². The minimum absolute atomic E-state index is 0. The molecule has 6 N–H and O–H groups in total. The second-order valence-corrected chi connectivity index (χ2v) is 8.76. The summed E-state index contributed by atoms with van der Waals surface area (Å²) < 4.78 is 54.1. The molecule has 0 rings (SSSR count). The fourth-order valence-corrected chi connectivity index (χ4v) is 1.65. The largest absolute Gasteiger partial charge is 0.481 e. The summed E-state index contributed by atoms with van der Waals surface area (Å²) in [5.74, 6) is -1.00. The van der Waals surface area contributed by atoms with Crippen molar-refractivity contribution in [2.75, 3.05) is 19.0 Å². The van der Waals surface area contributed by atoms with Gasteiger partial charge in [0, 0.05) is 0 Å². The van der Waals surface area contributed by atoms with Crippen molar-refractivity contribution >= 4 is 31.7 Å². The number of carbonyl (C=O) groups is 1. The van der Waals surface area contributed by atoms with Crippen LogP contribution in [0.4, 0.5) is 0 Å². The number of hydrogen-bond acceptors (Lipinski definition) is 7. The molecule has 0 atom stereocenters. The molecule has 0 aromatic rings. The quantitative estimate of drug-likeness (QED) is 0.125. The summed E-state index contributed by atoms with van der Waals surface area (Å²) in [5.41, 5.74) is 0. The van der Waals surface area contributed by atoms with Crippen LogP contribution in [-0.2, 0) is 33.1 Å². The molecular weight excluding hydrogens is 542 g/mol. The van der Waals surface area contributed by atoms with Gasteiger partial charge in [-0.1, -0.05) is 73.3 Å². The zero-order valence-corrected chi connectivity index (χ0v) is 19.1. The maximum Gasteiger partial charge on any atom is 0.469 e. The van der Waals surface area contributed by atoms with Crippen LogP contribution in [0.25, 0.3) is 0 Å². The molecule has 0 fully saturated rings. The summed E-state index contributed by atoms with van der Waals surface area (Å²) in [5, 5.41) is 8.37. The molecule has 0 amide bonds. The third-order valence-corrected chi connectivity index (χ3v) is 4.21. The van der Waals surface area contributed by atoms with E-state index in [2.05, 4.69) is 9.05 Å². The van der Waals surface area contributed by atoms with Crippen molar-refractivity contribution in [1.29, 1.82) is 0 Å². The number of phosphoric acid groups is 2. The van der Waals surface area contributed by atoms with Gasteiger partial charge in [0.1, 0.15) is 0 Å². The maximum atomic E-state index is 10.2. The van der Waals surface area contributed by atoms with E-state index in [1.165, 1.54) is 20.8 Å². The van der Waals surface area contributed by atoms with E-state index in [-0.39, 0.29) is 84.3 Å². The van der Waals surface area contributed by atoms with Gasteiger partial charge >= 0.3 is 21.6 Å². The second-order valence-electron chi connectivity index (χ2n) is 4.54. The highest BCUT2D eigenvalue weighted by molar-refractivity contribution is 7.85. The topological polar surface area (TPSA) is 225 Å².